The van der Waals surface area contributed by atoms with Crippen LogP contribution in [0.25, 0.3) is 0 Å². The van der Waals surface area contributed by atoms with E-state index in [0.29, 0.717) is 5.56 Å². The van der Waals surface area contributed by atoms with Crippen LogP contribution in [0.3, 0.4) is 0 Å². The first-order chi connectivity index (χ1) is 8.12. The van der Waals surface area contributed by atoms with Crippen molar-refractivity contribution >= 4 is 17.6 Å². The highest BCUT2D eigenvalue weighted by Gasteiger charge is 2.23. The Bertz CT molecular complexity index is 467. The Morgan fingerprint density at radius 1 is 1.39 bits per heavy atom. The molecule has 1 N–H and O–H groups in total. The van der Waals surface area contributed by atoms with Gasteiger partial charge in [0.1, 0.15) is 11.3 Å². The Balaban J connectivity index is 3.40. The number of rotatable bonds is 3. The number of aromatic carboxylic acids is 1. The molecule has 0 radical (unpaired) electrons. The third-order valence-corrected chi connectivity index (χ3v) is 2.64. The van der Waals surface area contributed by atoms with Crippen molar-refractivity contribution in [1.29, 1.82) is 0 Å². The van der Waals surface area contributed by atoms with Crippen LogP contribution < -0.4 is 4.74 Å². The van der Waals surface area contributed by atoms with E-state index in [0.717, 1.165) is 6.07 Å². The molecule has 0 atom stereocenters. The lowest BCUT2D eigenvalue weighted by atomic mass is 9.86. The van der Waals surface area contributed by atoms with E-state index in [9.17, 15) is 13.6 Å². The highest BCUT2D eigenvalue weighted by atomic mass is 35.5. The summed E-state index contributed by atoms with van der Waals surface area (Å²) in [5.74, 6) is -1.75. The zero-order valence-electron chi connectivity index (χ0n) is 10.1. The van der Waals surface area contributed by atoms with E-state index in [2.05, 4.69) is 4.74 Å². The first kappa shape index (κ1) is 14.7. The van der Waals surface area contributed by atoms with Gasteiger partial charge in [0, 0.05) is 5.02 Å². The molecule has 0 saturated carbocycles. The van der Waals surface area contributed by atoms with Crippen LogP contribution in [0.1, 0.15) is 36.7 Å². The van der Waals surface area contributed by atoms with Crippen LogP contribution in [0, 0.1) is 0 Å². The number of carboxylic acid groups (broad SMARTS) is 1. The van der Waals surface area contributed by atoms with E-state index in [1.54, 1.807) is 0 Å². The van der Waals surface area contributed by atoms with E-state index >= 15 is 0 Å². The summed E-state index contributed by atoms with van der Waals surface area (Å²) in [6, 6.07) is 2.38. The lowest BCUT2D eigenvalue weighted by Gasteiger charge is -2.22. The van der Waals surface area contributed by atoms with Crippen LogP contribution in [-0.4, -0.2) is 17.7 Å². The van der Waals surface area contributed by atoms with Crippen molar-refractivity contribution in [2.24, 2.45) is 0 Å². The molecule has 0 saturated heterocycles. The molecule has 18 heavy (non-hydrogen) atoms. The first-order valence-electron chi connectivity index (χ1n) is 5.15. The zero-order valence-corrected chi connectivity index (χ0v) is 10.9. The second-order valence-electron chi connectivity index (χ2n) is 4.76. The molecule has 0 aromatic heterocycles. The van der Waals surface area contributed by atoms with Gasteiger partial charge in [0.15, 0.2) is 0 Å². The highest BCUT2D eigenvalue weighted by Crippen LogP contribution is 2.35. The molecule has 0 aliphatic heterocycles. The molecule has 3 nitrogen and oxygen atoms in total. The number of benzene rings is 1. The predicted molar refractivity (Wildman–Crippen MR) is 63.7 cm³/mol. The van der Waals surface area contributed by atoms with Gasteiger partial charge in [0.2, 0.25) is 0 Å². The Kier molecular flexibility index (Phi) is 4.16. The van der Waals surface area contributed by atoms with Gasteiger partial charge in [0.25, 0.3) is 0 Å². The maximum Gasteiger partial charge on any atom is 0.387 e. The average molecular weight is 279 g/mol. The molecule has 0 bridgehead atoms. The molecule has 1 rings (SSSR count). The molecule has 0 aliphatic rings. The van der Waals surface area contributed by atoms with E-state index in [4.69, 9.17) is 16.7 Å². The Labute approximate surface area is 108 Å². The van der Waals surface area contributed by atoms with Gasteiger partial charge in [-0.05, 0) is 23.1 Å². The van der Waals surface area contributed by atoms with Crippen LogP contribution in [0.15, 0.2) is 12.1 Å². The van der Waals surface area contributed by atoms with Crippen LogP contribution in [0.2, 0.25) is 5.02 Å². The minimum absolute atomic E-state index is 0.210. The third kappa shape index (κ3) is 3.32. The van der Waals surface area contributed by atoms with Gasteiger partial charge in [0.05, 0.1) is 0 Å². The van der Waals surface area contributed by atoms with Crippen LogP contribution in [0.4, 0.5) is 8.78 Å². The molecule has 0 heterocycles. The van der Waals surface area contributed by atoms with Crippen LogP contribution in [0.5, 0.6) is 5.75 Å². The standard InChI is InChI=1S/C12H13ClF2O3/c1-12(2,3)7-5-9(18-11(14)15)6(10(16)17)4-8(7)13/h4-5,11H,1-3H3,(H,16,17). The topological polar surface area (TPSA) is 46.5 Å². The number of carbonyl (C=O) groups is 1. The van der Waals surface area contributed by atoms with Crippen LogP contribution in [-0.2, 0) is 5.41 Å². The molecule has 0 amide bonds. The van der Waals surface area contributed by atoms with Gasteiger partial charge in [-0.15, -0.1) is 0 Å². The van der Waals surface area contributed by atoms with Crippen molar-refractivity contribution in [2.75, 3.05) is 0 Å². The SMILES string of the molecule is CC(C)(C)c1cc(OC(F)F)c(C(=O)O)cc1Cl. The van der Waals surface area contributed by atoms with Gasteiger partial charge >= 0.3 is 12.6 Å². The monoisotopic (exact) mass is 278 g/mol. The summed E-state index contributed by atoms with van der Waals surface area (Å²) in [5, 5.41) is 9.12. The second kappa shape index (κ2) is 5.10. The quantitative estimate of drug-likeness (QED) is 0.911. The van der Waals surface area contributed by atoms with E-state index in [1.165, 1.54) is 6.07 Å². The van der Waals surface area contributed by atoms with Gasteiger partial charge in [-0.25, -0.2) is 4.79 Å². The van der Waals surface area contributed by atoms with Gasteiger partial charge in [-0.3, -0.25) is 0 Å². The third-order valence-electron chi connectivity index (χ3n) is 2.32. The summed E-state index contributed by atoms with van der Waals surface area (Å²) in [4.78, 5) is 10.9. The summed E-state index contributed by atoms with van der Waals surface area (Å²) < 4.78 is 28.7. The smallest absolute Gasteiger partial charge is 0.387 e. The summed E-state index contributed by atoms with van der Waals surface area (Å²) in [6.07, 6.45) is 0. The maximum absolute atomic E-state index is 12.2. The summed E-state index contributed by atoms with van der Waals surface area (Å²) in [5.41, 5.74) is -0.243. The fourth-order valence-corrected chi connectivity index (χ4v) is 1.94. The van der Waals surface area contributed by atoms with Crippen LogP contribution >= 0.6 is 11.6 Å². The fraction of sp³-hybridized carbons (Fsp3) is 0.417. The number of ether oxygens (including phenoxy) is 1. The highest BCUT2D eigenvalue weighted by molar-refractivity contribution is 6.32. The summed E-state index contributed by atoms with van der Waals surface area (Å²) in [7, 11) is 0. The normalized spacial score (nSPS) is 11.7. The summed E-state index contributed by atoms with van der Waals surface area (Å²) in [6.45, 7) is 2.42. The largest absolute Gasteiger partial charge is 0.478 e. The average Bonchev–Trinajstić information content (AvgIpc) is 2.17. The van der Waals surface area contributed by atoms with Crippen molar-refractivity contribution in [3.63, 3.8) is 0 Å². The van der Waals surface area contributed by atoms with E-state index in [1.807, 2.05) is 20.8 Å². The molecule has 0 unspecified atom stereocenters. The second-order valence-corrected chi connectivity index (χ2v) is 5.17. The van der Waals surface area contributed by atoms with E-state index < -0.39 is 18.0 Å². The maximum atomic E-state index is 12.2. The molecular weight excluding hydrogens is 266 g/mol. The molecule has 1 aromatic rings. The van der Waals surface area contributed by atoms with E-state index in [-0.39, 0.29) is 16.3 Å². The zero-order chi connectivity index (χ0) is 14.1. The van der Waals surface area contributed by atoms with Crippen molar-refractivity contribution in [3.05, 3.63) is 28.3 Å². The van der Waals surface area contributed by atoms with Gasteiger partial charge in [-0.1, -0.05) is 32.4 Å². The minimum atomic E-state index is -3.09. The lowest BCUT2D eigenvalue weighted by Crippen LogP contribution is -2.15. The van der Waals surface area contributed by atoms with Crippen molar-refractivity contribution < 1.29 is 23.4 Å². The molecule has 100 valence electrons. The first-order valence-corrected chi connectivity index (χ1v) is 5.53. The lowest BCUT2D eigenvalue weighted by molar-refractivity contribution is -0.0504. The minimum Gasteiger partial charge on any atom is -0.478 e. The molecule has 0 aliphatic carbocycles. The molecular formula is C12H13ClF2O3. The molecule has 0 spiro atoms. The number of hydrogen-bond donors (Lipinski definition) is 1. The Hall–Kier alpha value is -1.36. The number of carboxylic acids is 1. The van der Waals surface area contributed by atoms with Gasteiger partial charge in [-0.2, -0.15) is 8.78 Å². The summed E-state index contributed by atoms with van der Waals surface area (Å²) >= 11 is 5.96. The van der Waals surface area contributed by atoms with Gasteiger partial charge < -0.3 is 9.84 Å². The molecule has 0 fully saturated rings. The van der Waals surface area contributed by atoms with Crippen molar-refractivity contribution in [2.45, 2.75) is 32.8 Å². The Morgan fingerprint density at radius 3 is 2.33 bits per heavy atom. The molecule has 1 aromatic carbocycles. The molecule has 6 heteroatoms. The Morgan fingerprint density at radius 2 is 1.94 bits per heavy atom. The van der Waals surface area contributed by atoms with Crippen molar-refractivity contribution in [3.8, 4) is 5.75 Å². The fourth-order valence-electron chi connectivity index (χ4n) is 1.49. The number of alkyl halides is 2. The number of halogens is 3. The van der Waals surface area contributed by atoms with Crippen molar-refractivity contribution in [1.82, 2.24) is 0 Å². The number of hydrogen-bond acceptors (Lipinski definition) is 2. The predicted octanol–water partition coefficient (Wildman–Crippen LogP) is 3.94.